The Hall–Kier alpha value is -3.68. The van der Waals surface area contributed by atoms with Crippen LogP contribution >= 0.6 is 0 Å². The van der Waals surface area contributed by atoms with E-state index in [4.69, 9.17) is 9.84 Å². The van der Waals surface area contributed by atoms with Crippen LogP contribution in [0.2, 0.25) is 0 Å². The van der Waals surface area contributed by atoms with Crippen molar-refractivity contribution in [2.75, 3.05) is 6.54 Å². The molecule has 0 fully saturated rings. The van der Waals surface area contributed by atoms with Crippen molar-refractivity contribution in [3.05, 3.63) is 81.4 Å². The smallest absolute Gasteiger partial charge is 0.407 e. The summed E-state index contributed by atoms with van der Waals surface area (Å²) in [7, 11) is 0. The molecule has 0 saturated heterocycles. The minimum atomic E-state index is -1.13. The van der Waals surface area contributed by atoms with Gasteiger partial charge in [-0.05, 0) is 17.5 Å². The Morgan fingerprint density at radius 3 is 2.61 bits per heavy atom. The molecule has 0 atom stereocenters. The summed E-state index contributed by atoms with van der Waals surface area (Å²) in [6, 6.07) is 13.7. The normalized spacial score (nSPS) is 10.6. The minimum absolute atomic E-state index is 0.150. The lowest BCUT2D eigenvalue weighted by Crippen LogP contribution is -2.24. The van der Waals surface area contributed by atoms with E-state index in [0.717, 1.165) is 5.56 Å². The third-order valence-corrected chi connectivity index (χ3v) is 3.75. The molecule has 0 saturated carbocycles. The number of nitrogens with zero attached hydrogens (tertiary/aromatic N) is 1. The highest BCUT2D eigenvalue weighted by Gasteiger charge is 2.16. The molecule has 1 amide bonds. The van der Waals surface area contributed by atoms with Gasteiger partial charge >= 0.3 is 12.1 Å². The number of nitro benzene ring substituents is 1. The van der Waals surface area contributed by atoms with Crippen molar-refractivity contribution in [3.8, 4) is 0 Å². The second-order valence-electron chi connectivity index (χ2n) is 5.90. The first-order valence-corrected chi connectivity index (χ1v) is 8.56. The largest absolute Gasteiger partial charge is 0.481 e. The number of hydrogen-bond donors (Lipinski definition) is 2. The Kier molecular flexibility index (Phi) is 7.71. The van der Waals surface area contributed by atoms with Gasteiger partial charge < -0.3 is 15.2 Å². The summed E-state index contributed by atoms with van der Waals surface area (Å²) in [5.41, 5.74) is 1.39. The number of carbonyl (C=O) groups is 2. The number of ether oxygens (including phenoxy) is 1. The third-order valence-electron chi connectivity index (χ3n) is 3.75. The van der Waals surface area contributed by atoms with E-state index in [1.807, 2.05) is 30.3 Å². The van der Waals surface area contributed by atoms with Crippen molar-refractivity contribution < 1.29 is 24.4 Å². The van der Waals surface area contributed by atoms with Crippen molar-refractivity contribution >= 4 is 23.8 Å². The van der Waals surface area contributed by atoms with Gasteiger partial charge in [0.25, 0.3) is 5.69 Å². The van der Waals surface area contributed by atoms with Gasteiger partial charge in [-0.3, -0.25) is 14.9 Å². The molecule has 0 spiro atoms. The predicted octanol–water partition coefficient (Wildman–Crippen LogP) is 3.55. The Morgan fingerprint density at radius 1 is 1.18 bits per heavy atom. The van der Waals surface area contributed by atoms with E-state index in [1.165, 1.54) is 12.1 Å². The van der Waals surface area contributed by atoms with E-state index in [-0.39, 0.29) is 17.9 Å². The Bertz CT molecular complexity index is 864. The van der Waals surface area contributed by atoms with Crippen molar-refractivity contribution in [1.82, 2.24) is 5.32 Å². The molecule has 0 aromatic heterocycles. The molecule has 0 unspecified atom stereocenters. The van der Waals surface area contributed by atoms with Crippen LogP contribution in [-0.4, -0.2) is 28.6 Å². The fourth-order valence-corrected chi connectivity index (χ4v) is 2.42. The monoisotopic (exact) mass is 384 g/mol. The maximum atomic E-state index is 11.6. The fourth-order valence-electron chi connectivity index (χ4n) is 2.42. The summed E-state index contributed by atoms with van der Waals surface area (Å²) < 4.78 is 5.08. The standard InChI is InChI=1S/C20H20N2O6/c23-19(24)13-17-10-9-15(12-18(17)22(26)27)6-4-5-11-21-20(25)28-14-16-7-2-1-3-8-16/h1-4,6-10,12H,5,11,13-14H2,(H,21,25)(H,23,24). The predicted molar refractivity (Wildman–Crippen MR) is 103 cm³/mol. The van der Waals surface area contributed by atoms with Crippen LogP contribution in [0.5, 0.6) is 0 Å². The minimum Gasteiger partial charge on any atom is -0.481 e. The number of benzene rings is 2. The molecule has 0 heterocycles. The molecular weight excluding hydrogens is 364 g/mol. The van der Waals surface area contributed by atoms with Gasteiger partial charge in [0.05, 0.1) is 11.3 Å². The van der Waals surface area contributed by atoms with Gasteiger partial charge in [0, 0.05) is 18.2 Å². The number of carboxylic acid groups (broad SMARTS) is 1. The average Bonchev–Trinajstić information content (AvgIpc) is 2.67. The highest BCUT2D eigenvalue weighted by Crippen LogP contribution is 2.22. The Labute approximate surface area is 161 Å². The number of aliphatic carboxylic acids is 1. The molecule has 0 aliphatic carbocycles. The molecule has 0 bridgehead atoms. The topological polar surface area (TPSA) is 119 Å². The molecule has 28 heavy (non-hydrogen) atoms. The molecule has 8 nitrogen and oxygen atoms in total. The number of carbonyl (C=O) groups excluding carboxylic acids is 1. The van der Waals surface area contributed by atoms with Gasteiger partial charge in [-0.2, -0.15) is 0 Å². The molecule has 2 aromatic rings. The molecule has 2 rings (SSSR count). The number of rotatable bonds is 9. The van der Waals surface area contributed by atoms with E-state index in [1.54, 1.807) is 18.2 Å². The SMILES string of the molecule is O=C(O)Cc1ccc(C=CCCNC(=O)OCc2ccccc2)cc1[N+](=O)[O-]. The molecule has 146 valence electrons. The van der Waals surface area contributed by atoms with Crippen molar-refractivity contribution in [3.63, 3.8) is 0 Å². The zero-order valence-electron chi connectivity index (χ0n) is 15.0. The second-order valence-corrected chi connectivity index (χ2v) is 5.90. The van der Waals surface area contributed by atoms with E-state index in [2.05, 4.69) is 5.32 Å². The second kappa shape index (κ2) is 10.5. The lowest BCUT2D eigenvalue weighted by molar-refractivity contribution is -0.385. The number of hydrogen-bond acceptors (Lipinski definition) is 5. The van der Waals surface area contributed by atoms with Gasteiger partial charge in [0.1, 0.15) is 6.61 Å². The Morgan fingerprint density at radius 2 is 1.93 bits per heavy atom. The maximum Gasteiger partial charge on any atom is 0.407 e. The van der Waals surface area contributed by atoms with Gasteiger partial charge in [-0.1, -0.05) is 54.6 Å². The maximum absolute atomic E-state index is 11.6. The summed E-state index contributed by atoms with van der Waals surface area (Å²) in [5, 5.41) is 22.5. The summed E-state index contributed by atoms with van der Waals surface area (Å²) in [5.74, 6) is -1.13. The third kappa shape index (κ3) is 6.91. The van der Waals surface area contributed by atoms with Gasteiger partial charge in [-0.25, -0.2) is 4.79 Å². The van der Waals surface area contributed by atoms with E-state index >= 15 is 0 Å². The molecular formula is C20H20N2O6. The Balaban J connectivity index is 1.79. The quantitative estimate of drug-likeness (QED) is 0.388. The van der Waals surface area contributed by atoms with Crippen molar-refractivity contribution in [2.45, 2.75) is 19.4 Å². The van der Waals surface area contributed by atoms with Crippen LogP contribution in [-0.2, 0) is 22.6 Å². The van der Waals surface area contributed by atoms with Gasteiger partial charge in [0.15, 0.2) is 0 Å². The first kappa shape index (κ1) is 20.6. The fraction of sp³-hybridized carbons (Fsp3) is 0.200. The van der Waals surface area contributed by atoms with Crippen LogP contribution < -0.4 is 5.32 Å². The van der Waals surface area contributed by atoms with E-state index < -0.39 is 23.4 Å². The van der Waals surface area contributed by atoms with Gasteiger partial charge in [0.2, 0.25) is 0 Å². The zero-order chi connectivity index (χ0) is 20.4. The molecule has 0 radical (unpaired) electrons. The van der Waals surface area contributed by atoms with Crippen LogP contribution in [0.25, 0.3) is 6.08 Å². The summed E-state index contributed by atoms with van der Waals surface area (Å²) in [6.07, 6.45) is 3.01. The van der Waals surface area contributed by atoms with Crippen LogP contribution in [0.4, 0.5) is 10.5 Å². The van der Waals surface area contributed by atoms with Crippen LogP contribution in [0.1, 0.15) is 23.1 Å². The number of nitrogens with one attached hydrogen (secondary N) is 1. The highest BCUT2D eigenvalue weighted by atomic mass is 16.6. The molecule has 2 N–H and O–H groups in total. The lowest BCUT2D eigenvalue weighted by atomic mass is 10.1. The average molecular weight is 384 g/mol. The van der Waals surface area contributed by atoms with Crippen LogP contribution in [0.3, 0.4) is 0 Å². The molecule has 0 aliphatic heterocycles. The summed E-state index contributed by atoms with van der Waals surface area (Å²) >= 11 is 0. The van der Waals surface area contributed by atoms with Crippen molar-refractivity contribution in [2.24, 2.45) is 0 Å². The number of amides is 1. The summed E-state index contributed by atoms with van der Waals surface area (Å²) in [6.45, 7) is 0.540. The highest BCUT2D eigenvalue weighted by molar-refractivity contribution is 5.72. The molecule has 2 aromatic carbocycles. The summed E-state index contributed by atoms with van der Waals surface area (Å²) in [4.78, 5) is 32.9. The first-order valence-electron chi connectivity index (χ1n) is 8.56. The molecule has 0 aliphatic rings. The number of alkyl carbamates (subject to hydrolysis) is 1. The number of nitro groups is 1. The van der Waals surface area contributed by atoms with Crippen LogP contribution in [0, 0.1) is 10.1 Å². The van der Waals surface area contributed by atoms with E-state index in [9.17, 15) is 19.7 Å². The van der Waals surface area contributed by atoms with Crippen LogP contribution in [0.15, 0.2) is 54.6 Å². The number of carboxylic acids is 1. The van der Waals surface area contributed by atoms with Crippen molar-refractivity contribution in [1.29, 1.82) is 0 Å². The van der Waals surface area contributed by atoms with E-state index in [0.29, 0.717) is 18.5 Å². The first-order chi connectivity index (χ1) is 13.5. The molecule has 8 heteroatoms. The van der Waals surface area contributed by atoms with Gasteiger partial charge in [-0.15, -0.1) is 0 Å². The zero-order valence-corrected chi connectivity index (χ0v) is 15.0. The lowest BCUT2D eigenvalue weighted by Gasteiger charge is -2.06.